The second kappa shape index (κ2) is 78.6. The fourth-order valence-corrected chi connectivity index (χ4v) is 0. The second-order valence-corrected chi connectivity index (χ2v) is 0. The quantitative estimate of drug-likeness (QED) is 0.305. The normalized spacial score (nSPS) is 0. The summed E-state index contributed by atoms with van der Waals surface area (Å²) in [5.41, 5.74) is 0. The van der Waals surface area contributed by atoms with Crippen LogP contribution in [0.5, 0.6) is 0 Å². The molecule has 7 heteroatoms. The fourth-order valence-electron chi connectivity index (χ4n) is 0. The van der Waals surface area contributed by atoms with E-state index in [0.29, 0.717) is 0 Å². The zero-order chi connectivity index (χ0) is 0. The average molecular weight is 152 g/mol. The third-order valence-electron chi connectivity index (χ3n) is 0. The average Bonchev–Trinajstić information content (AvgIpc) is 0. The minimum atomic E-state index is 0. The Hall–Kier alpha value is 2.44. The Bertz CT molecular complexity index is 8.04. The van der Waals surface area contributed by atoms with Crippen LogP contribution in [0.15, 0.2) is 0 Å². The molecule has 0 saturated carbocycles. The molecule has 0 fully saturated rings. The molecule has 0 aromatic rings. The van der Waals surface area contributed by atoms with Crippen molar-refractivity contribution in [2.24, 2.45) is 0 Å². The van der Waals surface area contributed by atoms with Gasteiger partial charge in [-0.15, -0.1) is 0 Å². The predicted molar refractivity (Wildman–Crippen MR) is 29.6 cm³/mol. The van der Waals surface area contributed by atoms with Crippen molar-refractivity contribution in [3.8, 4) is 0 Å². The topological polar surface area (TPSA) is 158 Å². The molecule has 0 aromatic carbocycles. The van der Waals surface area contributed by atoms with Crippen molar-refractivity contribution in [2.45, 2.75) is 0 Å². The van der Waals surface area contributed by atoms with Crippen molar-refractivity contribution in [1.82, 2.24) is 0 Å². The monoisotopic (exact) mass is 152 g/mol. The molecule has 0 unspecified atom stereocenters. The smallest absolute Gasteiger partial charge is 0 e. The molecule has 0 aliphatic heterocycles. The van der Waals surface area contributed by atoms with Gasteiger partial charge in [-0.3, -0.25) is 0 Å². The maximum absolute atomic E-state index is 0. The van der Waals surface area contributed by atoms with E-state index in [2.05, 4.69) is 0 Å². The van der Waals surface area contributed by atoms with Crippen LogP contribution in [0.25, 0.3) is 0 Å². The van der Waals surface area contributed by atoms with E-state index in [1.54, 1.807) is 0 Å². The molecule has 0 aliphatic carbocycles. The first-order chi connectivity index (χ1) is 0. The third kappa shape index (κ3) is 58.9. The van der Waals surface area contributed by atoms with Gasteiger partial charge in [0.15, 0.2) is 0 Å². The summed E-state index contributed by atoms with van der Waals surface area (Å²) in [6, 6.07) is 0. The van der Waals surface area contributed by atoms with Gasteiger partial charge in [0, 0.05) is 80.9 Å². The van der Waals surface area contributed by atoms with Crippen LogP contribution in [-0.4, -0.2) is 108 Å². The van der Waals surface area contributed by atoms with E-state index >= 15 is 0 Å². The van der Waals surface area contributed by atoms with Gasteiger partial charge in [0.25, 0.3) is 0 Å². The van der Waals surface area contributed by atoms with Crippen LogP contribution in [0.3, 0.4) is 0 Å². The van der Waals surface area contributed by atoms with Crippen LogP contribution >= 0.6 is 0 Å². The zero-order valence-corrected chi connectivity index (χ0v) is 9.62. The molecule has 0 aliphatic rings. The molecule has 0 atom stereocenters. The van der Waals surface area contributed by atoms with Gasteiger partial charge in [-0.05, 0) is 0 Å². The van der Waals surface area contributed by atoms with E-state index in [0.717, 1.165) is 0 Å². The minimum Gasteiger partial charge on any atom is -0.412 e. The SMILES string of the molecule is O.O.O.O.O.[K].[Na]. The van der Waals surface area contributed by atoms with Gasteiger partial charge < -0.3 is 27.4 Å². The van der Waals surface area contributed by atoms with Gasteiger partial charge in [-0.25, -0.2) is 0 Å². The van der Waals surface area contributed by atoms with Crippen LogP contribution in [0.4, 0.5) is 0 Å². The summed E-state index contributed by atoms with van der Waals surface area (Å²) in [5.74, 6) is 0. The van der Waals surface area contributed by atoms with Crippen LogP contribution in [0.1, 0.15) is 0 Å². The first-order valence-electron chi connectivity index (χ1n) is 0. The Labute approximate surface area is 106 Å². The van der Waals surface area contributed by atoms with Gasteiger partial charge in [-0.2, -0.15) is 0 Å². The van der Waals surface area contributed by atoms with Crippen molar-refractivity contribution >= 4 is 80.9 Å². The van der Waals surface area contributed by atoms with Gasteiger partial charge in [0.1, 0.15) is 0 Å². The zero-order valence-electron chi connectivity index (χ0n) is 4.50. The summed E-state index contributed by atoms with van der Waals surface area (Å²) in [4.78, 5) is 0. The molecule has 10 N–H and O–H groups in total. The van der Waals surface area contributed by atoms with E-state index in [4.69, 9.17) is 0 Å². The summed E-state index contributed by atoms with van der Waals surface area (Å²) in [7, 11) is 0. The molecule has 42 valence electrons. The summed E-state index contributed by atoms with van der Waals surface area (Å²) in [6.07, 6.45) is 0. The second-order valence-electron chi connectivity index (χ2n) is 0. The van der Waals surface area contributed by atoms with Crippen molar-refractivity contribution in [3.05, 3.63) is 0 Å². The number of hydrogen-bond donors (Lipinski definition) is 0. The predicted octanol–water partition coefficient (Wildman–Crippen LogP) is -4.89. The summed E-state index contributed by atoms with van der Waals surface area (Å²) < 4.78 is 0. The molecule has 0 aromatic heterocycles. The minimum absolute atomic E-state index is 0. The van der Waals surface area contributed by atoms with Crippen molar-refractivity contribution < 1.29 is 27.4 Å². The maximum atomic E-state index is 0. The first-order valence-corrected chi connectivity index (χ1v) is 0. The van der Waals surface area contributed by atoms with Crippen LogP contribution < -0.4 is 0 Å². The molecule has 0 bridgehead atoms. The third-order valence-corrected chi connectivity index (χ3v) is 0. The van der Waals surface area contributed by atoms with Crippen LogP contribution in [0, 0.1) is 0 Å². The van der Waals surface area contributed by atoms with Crippen LogP contribution in [0.2, 0.25) is 0 Å². The molecule has 7 heavy (non-hydrogen) atoms. The van der Waals surface area contributed by atoms with Gasteiger partial charge in [0.05, 0.1) is 0 Å². The number of rotatable bonds is 0. The van der Waals surface area contributed by atoms with Crippen LogP contribution in [-0.2, 0) is 0 Å². The molecule has 5 nitrogen and oxygen atoms in total. The molecular formula is H10KNaO5. The van der Waals surface area contributed by atoms with Gasteiger partial charge in [-0.1, -0.05) is 0 Å². The van der Waals surface area contributed by atoms with E-state index in [9.17, 15) is 0 Å². The fraction of sp³-hybridized carbons (Fsp3) is 0. The first kappa shape index (κ1) is 113. The molecular weight excluding hydrogens is 142 g/mol. The Morgan fingerprint density at radius 2 is 0.429 bits per heavy atom. The Morgan fingerprint density at radius 1 is 0.429 bits per heavy atom. The molecule has 0 heterocycles. The van der Waals surface area contributed by atoms with Crippen molar-refractivity contribution in [3.63, 3.8) is 0 Å². The van der Waals surface area contributed by atoms with Crippen molar-refractivity contribution in [1.29, 1.82) is 0 Å². The Balaban J connectivity index is 0. The number of hydrogen-bond acceptors (Lipinski definition) is 0. The summed E-state index contributed by atoms with van der Waals surface area (Å²) >= 11 is 0. The molecule has 0 saturated heterocycles. The van der Waals surface area contributed by atoms with E-state index < -0.39 is 0 Å². The molecule has 2 radical (unpaired) electrons. The summed E-state index contributed by atoms with van der Waals surface area (Å²) in [5, 5.41) is 0. The van der Waals surface area contributed by atoms with E-state index in [1.165, 1.54) is 0 Å². The molecule has 0 rings (SSSR count). The van der Waals surface area contributed by atoms with E-state index in [-0.39, 0.29) is 108 Å². The molecule has 0 spiro atoms. The van der Waals surface area contributed by atoms with Crippen molar-refractivity contribution in [2.75, 3.05) is 0 Å². The summed E-state index contributed by atoms with van der Waals surface area (Å²) in [6.45, 7) is 0. The van der Waals surface area contributed by atoms with Gasteiger partial charge in [0.2, 0.25) is 0 Å². The maximum Gasteiger partial charge on any atom is 0 e. The standard InChI is InChI=1S/K.Na.5H2O/h;;5*1H2. The van der Waals surface area contributed by atoms with E-state index in [1.807, 2.05) is 0 Å². The Morgan fingerprint density at radius 3 is 0.429 bits per heavy atom. The van der Waals surface area contributed by atoms with Gasteiger partial charge >= 0.3 is 0 Å². The molecule has 0 amide bonds. The largest absolute Gasteiger partial charge is 0.412 e. The Kier molecular flexibility index (Phi) is 1270.